The SMILES string of the molecule is CC[C@H](C)[C@@H]([C@@H](CC(=O)N1CCC[C@H]1[C@H](CO)[C@@H](C)C(=O)C[C@@H](Cc1ccccc1)c1nccs1)OC)N(C)C. The number of rotatable bonds is 16. The Morgan fingerprint density at radius 3 is 2.50 bits per heavy atom. The molecule has 0 saturated carbocycles. The van der Waals surface area contributed by atoms with Gasteiger partial charge in [0, 0.05) is 68.1 Å². The number of hydrogen-bond acceptors (Lipinski definition) is 7. The largest absolute Gasteiger partial charge is 0.396 e. The van der Waals surface area contributed by atoms with E-state index in [2.05, 4.69) is 35.9 Å². The van der Waals surface area contributed by atoms with Crippen LogP contribution < -0.4 is 0 Å². The van der Waals surface area contributed by atoms with Crippen LogP contribution in [0.3, 0.4) is 0 Å². The summed E-state index contributed by atoms with van der Waals surface area (Å²) in [6, 6.07) is 10.2. The molecule has 40 heavy (non-hydrogen) atoms. The first-order valence-corrected chi connectivity index (χ1v) is 15.6. The number of amides is 1. The number of ketones is 1. The third-order valence-electron chi connectivity index (χ3n) is 8.93. The topological polar surface area (TPSA) is 83.0 Å². The molecule has 1 aromatic heterocycles. The Bertz CT molecular complexity index is 1030. The Labute approximate surface area is 244 Å². The Morgan fingerprint density at radius 1 is 1.20 bits per heavy atom. The van der Waals surface area contributed by atoms with E-state index in [0.29, 0.717) is 25.3 Å². The molecule has 3 rings (SSSR count). The number of aromatic nitrogens is 1. The van der Waals surface area contributed by atoms with Gasteiger partial charge in [-0.25, -0.2) is 4.98 Å². The summed E-state index contributed by atoms with van der Waals surface area (Å²) in [4.78, 5) is 36.0. The van der Waals surface area contributed by atoms with Crippen LogP contribution in [0.5, 0.6) is 0 Å². The van der Waals surface area contributed by atoms with Gasteiger partial charge in [0.1, 0.15) is 5.78 Å². The van der Waals surface area contributed by atoms with Gasteiger partial charge in [0.25, 0.3) is 0 Å². The lowest BCUT2D eigenvalue weighted by molar-refractivity contribution is -0.139. The van der Waals surface area contributed by atoms with Crippen LogP contribution in [-0.2, 0) is 20.7 Å². The van der Waals surface area contributed by atoms with Crippen LogP contribution in [0, 0.1) is 17.8 Å². The molecule has 2 aromatic rings. The predicted octanol–water partition coefficient (Wildman–Crippen LogP) is 5.05. The first-order valence-electron chi connectivity index (χ1n) is 14.8. The Balaban J connectivity index is 1.72. The fraction of sp³-hybridized carbons (Fsp3) is 0.656. The van der Waals surface area contributed by atoms with Crippen molar-refractivity contribution in [2.75, 3.05) is 34.4 Å². The van der Waals surface area contributed by atoms with Crippen molar-refractivity contribution in [3.63, 3.8) is 0 Å². The maximum Gasteiger partial charge on any atom is 0.225 e. The number of hydrogen-bond donors (Lipinski definition) is 1. The lowest BCUT2D eigenvalue weighted by Crippen LogP contribution is -2.49. The molecule has 0 radical (unpaired) electrons. The van der Waals surface area contributed by atoms with E-state index in [4.69, 9.17) is 4.74 Å². The van der Waals surface area contributed by atoms with Gasteiger partial charge >= 0.3 is 0 Å². The van der Waals surface area contributed by atoms with Gasteiger partial charge in [0.2, 0.25) is 5.91 Å². The highest BCUT2D eigenvalue weighted by Gasteiger charge is 2.41. The average Bonchev–Trinajstić information content (AvgIpc) is 3.66. The number of carbonyl (C=O) groups excluding carboxylic acids is 2. The Kier molecular flexibility index (Phi) is 12.8. The van der Waals surface area contributed by atoms with Crippen LogP contribution in [0.2, 0.25) is 0 Å². The van der Waals surface area contributed by atoms with Crippen molar-refractivity contribution in [2.24, 2.45) is 17.8 Å². The van der Waals surface area contributed by atoms with Crippen LogP contribution in [0.1, 0.15) is 69.4 Å². The van der Waals surface area contributed by atoms with Gasteiger partial charge in [0.05, 0.1) is 17.5 Å². The number of Topliss-reactive ketones (excluding diaryl/α,β-unsaturated/α-hetero) is 1. The number of thiazole rings is 1. The number of aliphatic hydroxyl groups is 1. The fourth-order valence-corrected chi connectivity index (χ4v) is 7.23. The number of likely N-dealkylation sites (N-methyl/N-ethyl adjacent to an activating group) is 1. The minimum atomic E-state index is -0.366. The van der Waals surface area contributed by atoms with Crippen molar-refractivity contribution >= 4 is 23.0 Å². The van der Waals surface area contributed by atoms with Crippen LogP contribution in [0.15, 0.2) is 41.9 Å². The number of likely N-dealkylation sites (tertiary alicyclic amines) is 1. The molecule has 8 heteroatoms. The first-order chi connectivity index (χ1) is 19.2. The summed E-state index contributed by atoms with van der Waals surface area (Å²) in [5, 5.41) is 13.4. The summed E-state index contributed by atoms with van der Waals surface area (Å²) < 4.78 is 5.87. The van der Waals surface area contributed by atoms with Crippen molar-refractivity contribution in [3.8, 4) is 0 Å². The van der Waals surface area contributed by atoms with Crippen molar-refractivity contribution in [1.82, 2.24) is 14.8 Å². The maximum atomic E-state index is 13.7. The molecule has 222 valence electrons. The fourth-order valence-electron chi connectivity index (χ4n) is 6.49. The summed E-state index contributed by atoms with van der Waals surface area (Å²) in [5.41, 5.74) is 1.18. The molecule has 1 aliphatic rings. The number of carbonyl (C=O) groups is 2. The summed E-state index contributed by atoms with van der Waals surface area (Å²) in [6.45, 7) is 6.82. The molecule has 1 fully saturated rings. The molecule has 7 nitrogen and oxygen atoms in total. The highest BCUT2D eigenvalue weighted by molar-refractivity contribution is 7.09. The molecule has 0 aliphatic carbocycles. The van der Waals surface area contributed by atoms with Crippen LogP contribution >= 0.6 is 11.3 Å². The van der Waals surface area contributed by atoms with Gasteiger partial charge in [-0.3, -0.25) is 9.59 Å². The van der Waals surface area contributed by atoms with E-state index < -0.39 is 0 Å². The van der Waals surface area contributed by atoms with Crippen molar-refractivity contribution in [2.45, 2.75) is 83.4 Å². The van der Waals surface area contributed by atoms with Gasteiger partial charge in [0.15, 0.2) is 0 Å². The molecule has 7 atom stereocenters. The minimum Gasteiger partial charge on any atom is -0.396 e. The minimum absolute atomic E-state index is 0.0102. The zero-order valence-electron chi connectivity index (χ0n) is 25.2. The molecule has 1 N–H and O–H groups in total. The molecule has 1 aromatic carbocycles. The Hall–Kier alpha value is -2.13. The second-order valence-electron chi connectivity index (χ2n) is 11.7. The summed E-state index contributed by atoms with van der Waals surface area (Å²) in [6.07, 6.45) is 5.66. The number of methoxy groups -OCH3 is 1. The second kappa shape index (κ2) is 15.8. The number of nitrogens with zero attached hydrogens (tertiary/aromatic N) is 3. The molecular formula is C32H49N3O4S. The zero-order chi connectivity index (χ0) is 29.2. The number of aliphatic hydroxyl groups excluding tert-OH is 1. The maximum absolute atomic E-state index is 13.7. The highest BCUT2D eigenvalue weighted by Crippen LogP contribution is 2.34. The van der Waals surface area contributed by atoms with Gasteiger partial charge in [-0.2, -0.15) is 0 Å². The normalized spacial score (nSPS) is 20.2. The van der Waals surface area contributed by atoms with E-state index in [9.17, 15) is 14.7 Å². The van der Waals surface area contributed by atoms with Crippen LogP contribution in [0.4, 0.5) is 0 Å². The van der Waals surface area contributed by atoms with Crippen LogP contribution in [-0.4, -0.2) is 84.1 Å². The number of ether oxygens (including phenoxy) is 1. The van der Waals surface area contributed by atoms with Crippen LogP contribution in [0.25, 0.3) is 0 Å². The van der Waals surface area contributed by atoms with Crippen molar-refractivity contribution < 1.29 is 19.4 Å². The molecule has 0 spiro atoms. The van der Waals surface area contributed by atoms with E-state index >= 15 is 0 Å². The lowest BCUT2D eigenvalue weighted by Gasteiger charge is -2.38. The third kappa shape index (κ3) is 8.21. The van der Waals surface area contributed by atoms with E-state index in [1.54, 1.807) is 24.6 Å². The molecule has 1 saturated heterocycles. The molecule has 1 amide bonds. The Morgan fingerprint density at radius 2 is 1.93 bits per heavy atom. The molecule has 0 unspecified atom stereocenters. The van der Waals surface area contributed by atoms with Gasteiger partial charge in [-0.1, -0.05) is 57.5 Å². The smallest absolute Gasteiger partial charge is 0.225 e. The van der Waals surface area contributed by atoms with Gasteiger partial charge < -0.3 is 19.6 Å². The molecule has 1 aliphatic heterocycles. The van der Waals surface area contributed by atoms with E-state index in [1.807, 2.05) is 49.5 Å². The first kappa shape index (κ1) is 32.4. The standard InChI is InChI=1S/C32H49N3O4S/c1-7-22(2)31(34(4)5)29(39-6)20-30(38)35-16-11-14-27(35)26(21-36)23(3)28(37)19-25(32-33-15-17-40-32)18-24-12-9-8-10-13-24/h8-10,12-13,15,17,22-23,25-27,29,31,36H,7,11,14,16,18-21H2,1-6H3/t22-,23+,25+,26+,27-,29+,31-/m0/s1. The summed E-state index contributed by atoms with van der Waals surface area (Å²) in [5.74, 6) is -0.126. The summed E-state index contributed by atoms with van der Waals surface area (Å²) >= 11 is 1.58. The third-order valence-corrected chi connectivity index (χ3v) is 9.87. The molecule has 0 bridgehead atoms. The van der Waals surface area contributed by atoms with Crippen molar-refractivity contribution in [3.05, 3.63) is 52.5 Å². The monoisotopic (exact) mass is 571 g/mol. The average molecular weight is 572 g/mol. The molecular weight excluding hydrogens is 522 g/mol. The van der Waals surface area contributed by atoms with Gasteiger partial charge in [-0.15, -0.1) is 11.3 Å². The highest BCUT2D eigenvalue weighted by atomic mass is 32.1. The quantitative estimate of drug-likeness (QED) is 0.304. The lowest BCUT2D eigenvalue weighted by atomic mass is 9.80. The van der Waals surface area contributed by atoms with Crippen molar-refractivity contribution in [1.29, 1.82) is 0 Å². The zero-order valence-corrected chi connectivity index (χ0v) is 26.0. The number of benzene rings is 1. The van der Waals surface area contributed by atoms with E-state index in [1.165, 1.54) is 5.56 Å². The van der Waals surface area contributed by atoms with Gasteiger partial charge in [-0.05, 0) is 44.8 Å². The second-order valence-corrected chi connectivity index (χ2v) is 12.6. The van der Waals surface area contributed by atoms with E-state index in [-0.39, 0.29) is 54.2 Å². The molecule has 2 heterocycles. The van der Waals surface area contributed by atoms with E-state index in [0.717, 1.165) is 30.7 Å². The predicted molar refractivity (Wildman–Crippen MR) is 161 cm³/mol. The summed E-state index contributed by atoms with van der Waals surface area (Å²) in [7, 11) is 5.76.